The Bertz CT molecular complexity index is 820. The van der Waals surface area contributed by atoms with Crippen LogP contribution in [0.1, 0.15) is 18.5 Å². The van der Waals surface area contributed by atoms with E-state index in [1.54, 1.807) is 6.07 Å². The first kappa shape index (κ1) is 12.8. The van der Waals surface area contributed by atoms with Gasteiger partial charge in [-0.2, -0.15) is 5.10 Å². The Balaban J connectivity index is 1.81. The molecule has 0 radical (unpaired) electrons. The normalized spacial score (nSPS) is 14.8. The van der Waals surface area contributed by atoms with Crippen molar-refractivity contribution in [2.45, 2.75) is 19.3 Å². The maximum atomic E-state index is 5.97. The summed E-state index contributed by atoms with van der Waals surface area (Å²) in [7, 11) is 1.96. The lowest BCUT2D eigenvalue weighted by molar-refractivity contribution is 0.716. The minimum absolute atomic E-state index is 0.492. The van der Waals surface area contributed by atoms with Gasteiger partial charge in [0, 0.05) is 30.6 Å². The van der Waals surface area contributed by atoms with Crippen molar-refractivity contribution in [2.24, 2.45) is 13.0 Å². The maximum absolute atomic E-state index is 5.97. The topological polar surface area (TPSA) is 43.6 Å². The monoisotopic (exact) mass is 298 g/mol. The quantitative estimate of drug-likeness (QED) is 0.693. The van der Waals surface area contributed by atoms with Crippen LogP contribution in [0.3, 0.4) is 0 Å². The van der Waals surface area contributed by atoms with Gasteiger partial charge in [-0.3, -0.25) is 9.67 Å². The zero-order valence-corrected chi connectivity index (χ0v) is 12.5. The van der Waals surface area contributed by atoms with E-state index in [0.29, 0.717) is 5.15 Å². The van der Waals surface area contributed by atoms with Gasteiger partial charge in [-0.05, 0) is 43.4 Å². The molecule has 106 valence electrons. The lowest BCUT2D eigenvalue weighted by Gasteiger charge is -2.03. The molecule has 0 bridgehead atoms. The molecule has 0 N–H and O–H groups in total. The van der Waals surface area contributed by atoms with Crippen molar-refractivity contribution in [3.05, 3.63) is 41.4 Å². The van der Waals surface area contributed by atoms with Crippen LogP contribution in [0.15, 0.2) is 30.6 Å². The molecule has 0 spiro atoms. The van der Waals surface area contributed by atoms with Crippen LogP contribution in [0.25, 0.3) is 22.2 Å². The SMILES string of the molecule is Cn1cc(-c2cnc3ccc(Cl)nc3c2)c(CC2CC2)n1. The summed E-state index contributed by atoms with van der Waals surface area (Å²) in [6.45, 7) is 0. The van der Waals surface area contributed by atoms with Crippen LogP contribution < -0.4 is 0 Å². The lowest BCUT2D eigenvalue weighted by atomic mass is 10.0. The maximum Gasteiger partial charge on any atom is 0.129 e. The number of hydrogen-bond acceptors (Lipinski definition) is 3. The van der Waals surface area contributed by atoms with E-state index in [1.165, 1.54) is 12.8 Å². The summed E-state index contributed by atoms with van der Waals surface area (Å²) >= 11 is 5.97. The molecule has 0 amide bonds. The summed E-state index contributed by atoms with van der Waals surface area (Å²) in [5, 5.41) is 5.10. The molecule has 0 aliphatic heterocycles. The van der Waals surface area contributed by atoms with Crippen molar-refractivity contribution < 1.29 is 0 Å². The minimum Gasteiger partial charge on any atom is -0.275 e. The van der Waals surface area contributed by atoms with Gasteiger partial charge in [0.05, 0.1) is 16.7 Å². The van der Waals surface area contributed by atoms with Gasteiger partial charge < -0.3 is 0 Å². The smallest absolute Gasteiger partial charge is 0.129 e. The molecule has 1 fully saturated rings. The Morgan fingerprint density at radius 1 is 1.29 bits per heavy atom. The highest BCUT2D eigenvalue weighted by Crippen LogP contribution is 2.35. The highest BCUT2D eigenvalue weighted by Gasteiger charge is 2.24. The molecule has 1 aliphatic rings. The average Bonchev–Trinajstić information content (AvgIpc) is 3.20. The van der Waals surface area contributed by atoms with Gasteiger partial charge in [-0.25, -0.2) is 4.98 Å². The van der Waals surface area contributed by atoms with E-state index < -0.39 is 0 Å². The fraction of sp³-hybridized carbons (Fsp3) is 0.312. The fourth-order valence-electron chi connectivity index (χ4n) is 2.65. The summed E-state index contributed by atoms with van der Waals surface area (Å²) in [6.07, 6.45) is 7.65. The highest BCUT2D eigenvalue weighted by molar-refractivity contribution is 6.29. The second-order valence-electron chi connectivity index (χ2n) is 5.71. The summed E-state index contributed by atoms with van der Waals surface area (Å²) in [4.78, 5) is 8.83. The van der Waals surface area contributed by atoms with Gasteiger partial charge in [0.2, 0.25) is 0 Å². The van der Waals surface area contributed by atoms with Crippen molar-refractivity contribution in [3.63, 3.8) is 0 Å². The fourth-order valence-corrected chi connectivity index (χ4v) is 2.80. The number of nitrogens with zero attached hydrogens (tertiary/aromatic N) is 4. The van der Waals surface area contributed by atoms with Crippen LogP contribution in [0.2, 0.25) is 5.15 Å². The summed E-state index contributed by atoms with van der Waals surface area (Å²) in [5.74, 6) is 0.805. The van der Waals surface area contributed by atoms with E-state index in [2.05, 4.69) is 21.3 Å². The van der Waals surface area contributed by atoms with Crippen molar-refractivity contribution in [1.29, 1.82) is 0 Å². The molecule has 5 heteroatoms. The van der Waals surface area contributed by atoms with E-state index in [0.717, 1.165) is 40.2 Å². The molecule has 3 aromatic heterocycles. The Morgan fingerprint density at radius 3 is 2.95 bits per heavy atom. The number of aromatic nitrogens is 4. The lowest BCUT2D eigenvalue weighted by Crippen LogP contribution is -1.94. The first-order chi connectivity index (χ1) is 10.2. The highest BCUT2D eigenvalue weighted by atomic mass is 35.5. The Labute approximate surface area is 127 Å². The third-order valence-corrected chi connectivity index (χ3v) is 4.11. The van der Waals surface area contributed by atoms with Gasteiger partial charge >= 0.3 is 0 Å². The molecule has 3 heterocycles. The molecule has 4 nitrogen and oxygen atoms in total. The minimum atomic E-state index is 0.492. The number of aryl methyl sites for hydroxylation is 1. The van der Waals surface area contributed by atoms with E-state index in [-0.39, 0.29) is 0 Å². The number of rotatable bonds is 3. The molecule has 4 rings (SSSR count). The zero-order chi connectivity index (χ0) is 14.4. The molecule has 3 aromatic rings. The van der Waals surface area contributed by atoms with Crippen LogP contribution in [0.4, 0.5) is 0 Å². The van der Waals surface area contributed by atoms with Crippen molar-refractivity contribution in [1.82, 2.24) is 19.7 Å². The van der Waals surface area contributed by atoms with Gasteiger partial charge in [0.1, 0.15) is 5.15 Å². The van der Waals surface area contributed by atoms with Crippen molar-refractivity contribution in [3.8, 4) is 11.1 Å². The number of halogens is 1. The van der Waals surface area contributed by atoms with E-state index in [4.69, 9.17) is 11.6 Å². The Hall–Kier alpha value is -1.94. The largest absolute Gasteiger partial charge is 0.275 e. The van der Waals surface area contributed by atoms with E-state index in [9.17, 15) is 0 Å². The Kier molecular flexibility index (Phi) is 2.93. The molecular formula is C16H15ClN4. The van der Waals surface area contributed by atoms with Crippen LogP contribution in [0.5, 0.6) is 0 Å². The van der Waals surface area contributed by atoms with Gasteiger partial charge in [0.15, 0.2) is 0 Å². The van der Waals surface area contributed by atoms with Crippen LogP contribution in [-0.2, 0) is 13.5 Å². The molecule has 0 saturated heterocycles. The molecule has 1 saturated carbocycles. The molecule has 0 aromatic carbocycles. The van der Waals surface area contributed by atoms with Gasteiger partial charge in [-0.15, -0.1) is 0 Å². The van der Waals surface area contributed by atoms with Crippen LogP contribution >= 0.6 is 11.6 Å². The summed E-state index contributed by atoms with van der Waals surface area (Å²) in [6, 6.07) is 5.70. The van der Waals surface area contributed by atoms with E-state index >= 15 is 0 Å². The number of hydrogen-bond donors (Lipinski definition) is 0. The summed E-state index contributed by atoms with van der Waals surface area (Å²) < 4.78 is 1.88. The zero-order valence-electron chi connectivity index (χ0n) is 11.8. The molecule has 21 heavy (non-hydrogen) atoms. The third kappa shape index (κ3) is 2.51. The van der Waals surface area contributed by atoms with Crippen molar-refractivity contribution in [2.75, 3.05) is 0 Å². The van der Waals surface area contributed by atoms with Crippen molar-refractivity contribution >= 4 is 22.6 Å². The average molecular weight is 299 g/mol. The number of fused-ring (bicyclic) bond motifs is 1. The summed E-state index contributed by atoms with van der Waals surface area (Å²) in [5.41, 5.74) is 5.04. The predicted octanol–water partition coefficient (Wildman–Crippen LogP) is 3.64. The first-order valence-electron chi connectivity index (χ1n) is 7.14. The van der Waals surface area contributed by atoms with Gasteiger partial charge in [0.25, 0.3) is 0 Å². The first-order valence-corrected chi connectivity index (χ1v) is 7.52. The van der Waals surface area contributed by atoms with Crippen LogP contribution in [-0.4, -0.2) is 19.7 Å². The molecule has 0 atom stereocenters. The third-order valence-electron chi connectivity index (χ3n) is 3.90. The standard InChI is InChI=1S/C16H15ClN4/c1-21-9-12(14(20-21)6-10-2-3-10)11-7-15-13(18-8-11)4-5-16(17)19-15/h4-5,7-10H,2-3,6H2,1H3. The van der Waals surface area contributed by atoms with E-state index in [1.807, 2.05) is 30.1 Å². The second-order valence-corrected chi connectivity index (χ2v) is 6.09. The molecule has 0 unspecified atom stereocenters. The van der Waals surface area contributed by atoms with Gasteiger partial charge in [-0.1, -0.05) is 11.6 Å². The number of pyridine rings is 2. The van der Waals surface area contributed by atoms with Crippen LogP contribution in [0, 0.1) is 5.92 Å². The second kappa shape index (κ2) is 4.81. The Morgan fingerprint density at radius 2 is 2.14 bits per heavy atom. The molecular weight excluding hydrogens is 284 g/mol. The molecule has 1 aliphatic carbocycles. The predicted molar refractivity (Wildman–Crippen MR) is 83.2 cm³/mol.